The molecular formula is C21H31Cl2N3OS. The minimum atomic E-state index is 0. The molecular weight excluding hydrogens is 413 g/mol. The lowest BCUT2D eigenvalue weighted by atomic mass is 9.71. The van der Waals surface area contributed by atoms with Crippen molar-refractivity contribution < 1.29 is 4.79 Å². The molecule has 28 heavy (non-hydrogen) atoms. The number of aromatic nitrogens is 1. The summed E-state index contributed by atoms with van der Waals surface area (Å²) in [7, 11) is 0. The average Bonchev–Trinajstić information content (AvgIpc) is 3.03. The van der Waals surface area contributed by atoms with Crippen LogP contribution in [0.5, 0.6) is 0 Å². The van der Waals surface area contributed by atoms with E-state index < -0.39 is 0 Å². The van der Waals surface area contributed by atoms with Crippen molar-refractivity contribution in [3.63, 3.8) is 0 Å². The van der Waals surface area contributed by atoms with Gasteiger partial charge in [-0.05, 0) is 31.7 Å². The van der Waals surface area contributed by atoms with Crippen LogP contribution in [-0.4, -0.2) is 24.0 Å². The Morgan fingerprint density at radius 1 is 1.18 bits per heavy atom. The fourth-order valence-electron chi connectivity index (χ4n) is 3.89. The zero-order valence-corrected chi connectivity index (χ0v) is 18.9. The summed E-state index contributed by atoms with van der Waals surface area (Å²) in [5.74, 6) is 0.133. The molecule has 1 aromatic carbocycles. The van der Waals surface area contributed by atoms with Crippen LogP contribution in [0.1, 0.15) is 48.4 Å². The van der Waals surface area contributed by atoms with E-state index in [9.17, 15) is 4.79 Å². The first kappa shape index (κ1) is 24.9. The van der Waals surface area contributed by atoms with Crippen molar-refractivity contribution >= 4 is 42.1 Å². The van der Waals surface area contributed by atoms with Gasteiger partial charge in [0.2, 0.25) is 5.91 Å². The molecule has 0 unspecified atom stereocenters. The molecule has 0 atom stereocenters. The maximum Gasteiger partial charge on any atom is 0.220 e. The van der Waals surface area contributed by atoms with E-state index in [0.29, 0.717) is 19.5 Å². The van der Waals surface area contributed by atoms with Gasteiger partial charge in [-0.15, -0.1) is 36.2 Å². The average molecular weight is 444 g/mol. The van der Waals surface area contributed by atoms with Gasteiger partial charge in [-0.1, -0.05) is 49.6 Å². The van der Waals surface area contributed by atoms with E-state index in [2.05, 4.69) is 24.4 Å². The molecule has 1 fully saturated rings. The number of nitrogens with two attached hydrogens (primary N) is 1. The first-order valence-electron chi connectivity index (χ1n) is 9.60. The number of benzene rings is 1. The molecule has 1 heterocycles. The van der Waals surface area contributed by atoms with E-state index in [1.807, 2.05) is 18.2 Å². The third-order valence-corrected chi connectivity index (χ3v) is 6.46. The van der Waals surface area contributed by atoms with E-state index in [4.69, 9.17) is 10.7 Å². The van der Waals surface area contributed by atoms with Crippen molar-refractivity contribution in [2.45, 2.75) is 51.9 Å². The number of thiazole rings is 1. The molecule has 1 aromatic heterocycles. The standard InChI is InChI=1S/C21H29N3OS.2ClH/c1-16-20(17-8-4-2-5-9-17)24-19(26-16)10-13-23-18(25)14-21(15-22)11-6-3-7-12-21;;/h2,4-5,8-9H,3,6-7,10-15,22H2,1H3,(H,23,25);2*1H. The summed E-state index contributed by atoms with van der Waals surface area (Å²) in [5.41, 5.74) is 8.23. The van der Waals surface area contributed by atoms with Crippen LogP contribution in [-0.2, 0) is 11.2 Å². The molecule has 0 radical (unpaired) electrons. The van der Waals surface area contributed by atoms with Crippen LogP contribution >= 0.6 is 36.2 Å². The highest BCUT2D eigenvalue weighted by Gasteiger charge is 2.32. The van der Waals surface area contributed by atoms with Crippen molar-refractivity contribution in [3.05, 3.63) is 40.2 Å². The van der Waals surface area contributed by atoms with Crippen LogP contribution in [0.15, 0.2) is 30.3 Å². The van der Waals surface area contributed by atoms with Gasteiger partial charge in [-0.2, -0.15) is 0 Å². The minimum Gasteiger partial charge on any atom is -0.356 e. The molecule has 7 heteroatoms. The van der Waals surface area contributed by atoms with Gasteiger partial charge >= 0.3 is 0 Å². The Hall–Kier alpha value is -1.14. The van der Waals surface area contributed by atoms with Gasteiger partial charge in [-0.3, -0.25) is 4.79 Å². The summed E-state index contributed by atoms with van der Waals surface area (Å²) >= 11 is 1.72. The Morgan fingerprint density at radius 3 is 2.50 bits per heavy atom. The topological polar surface area (TPSA) is 68.0 Å². The highest BCUT2D eigenvalue weighted by molar-refractivity contribution is 7.12. The zero-order chi connectivity index (χ0) is 18.4. The molecule has 4 nitrogen and oxygen atoms in total. The number of rotatable bonds is 7. The van der Waals surface area contributed by atoms with Gasteiger partial charge in [0, 0.05) is 29.8 Å². The molecule has 0 saturated heterocycles. The number of nitrogens with zero attached hydrogens (tertiary/aromatic N) is 1. The number of hydrogen-bond acceptors (Lipinski definition) is 4. The normalized spacial score (nSPS) is 15.2. The van der Waals surface area contributed by atoms with Crippen LogP contribution in [0.4, 0.5) is 0 Å². The fourth-order valence-corrected chi connectivity index (χ4v) is 4.84. The second kappa shape index (κ2) is 11.8. The number of aryl methyl sites for hydroxylation is 1. The summed E-state index contributed by atoms with van der Waals surface area (Å²) < 4.78 is 0. The van der Waals surface area contributed by atoms with Gasteiger partial charge < -0.3 is 11.1 Å². The fraction of sp³-hybridized carbons (Fsp3) is 0.524. The summed E-state index contributed by atoms with van der Waals surface area (Å²) in [6.07, 6.45) is 7.19. The maximum atomic E-state index is 12.4. The molecule has 2 aromatic rings. The van der Waals surface area contributed by atoms with Crippen LogP contribution in [0.25, 0.3) is 11.3 Å². The van der Waals surface area contributed by atoms with E-state index in [1.54, 1.807) is 11.3 Å². The lowest BCUT2D eigenvalue weighted by Gasteiger charge is -2.35. The Kier molecular flexibility index (Phi) is 10.5. The molecule has 0 spiro atoms. The second-order valence-electron chi connectivity index (χ2n) is 7.42. The largest absolute Gasteiger partial charge is 0.356 e. The van der Waals surface area contributed by atoms with Gasteiger partial charge in [-0.25, -0.2) is 4.98 Å². The van der Waals surface area contributed by atoms with Crippen molar-refractivity contribution in [2.24, 2.45) is 11.1 Å². The van der Waals surface area contributed by atoms with Crippen LogP contribution in [0.3, 0.4) is 0 Å². The quantitative estimate of drug-likeness (QED) is 0.637. The van der Waals surface area contributed by atoms with Crippen LogP contribution in [0, 0.1) is 12.3 Å². The van der Waals surface area contributed by atoms with E-state index in [-0.39, 0.29) is 36.1 Å². The Morgan fingerprint density at radius 2 is 1.86 bits per heavy atom. The molecule has 1 amide bonds. The molecule has 1 aliphatic carbocycles. The number of halogens is 2. The predicted molar refractivity (Wildman–Crippen MR) is 123 cm³/mol. The SMILES string of the molecule is Cc1sc(CCNC(=O)CC2(CN)CCCCC2)nc1-c1ccccc1.Cl.Cl. The molecule has 3 N–H and O–H groups in total. The van der Waals surface area contributed by atoms with Crippen molar-refractivity contribution in [2.75, 3.05) is 13.1 Å². The first-order chi connectivity index (χ1) is 12.6. The molecule has 0 aliphatic heterocycles. The molecule has 3 rings (SSSR count). The van der Waals surface area contributed by atoms with Gasteiger partial charge in [0.1, 0.15) is 0 Å². The third-order valence-electron chi connectivity index (χ3n) is 5.43. The van der Waals surface area contributed by atoms with Crippen LogP contribution < -0.4 is 11.1 Å². The summed E-state index contributed by atoms with van der Waals surface area (Å²) in [4.78, 5) is 18.4. The van der Waals surface area contributed by atoms with Gasteiger partial charge in [0.05, 0.1) is 10.7 Å². The minimum absolute atomic E-state index is 0. The maximum absolute atomic E-state index is 12.4. The predicted octanol–water partition coefficient (Wildman–Crippen LogP) is 4.92. The Labute approximate surface area is 184 Å². The Balaban J connectivity index is 0.00000196. The number of nitrogens with one attached hydrogen (secondary N) is 1. The molecule has 156 valence electrons. The number of carbonyl (C=O) groups excluding carboxylic acids is 1. The van der Waals surface area contributed by atoms with Crippen LogP contribution in [0.2, 0.25) is 0 Å². The number of amides is 1. The highest BCUT2D eigenvalue weighted by Crippen LogP contribution is 2.38. The first-order valence-corrected chi connectivity index (χ1v) is 10.4. The number of hydrogen-bond donors (Lipinski definition) is 2. The number of carbonyl (C=O) groups is 1. The summed E-state index contributed by atoms with van der Waals surface area (Å²) in [5, 5.41) is 4.15. The van der Waals surface area contributed by atoms with Crippen molar-refractivity contribution in [1.29, 1.82) is 0 Å². The molecule has 1 aliphatic rings. The molecule has 0 bridgehead atoms. The van der Waals surface area contributed by atoms with E-state index in [0.717, 1.165) is 35.5 Å². The summed E-state index contributed by atoms with van der Waals surface area (Å²) in [6.45, 7) is 3.36. The van der Waals surface area contributed by atoms with E-state index in [1.165, 1.54) is 24.1 Å². The second-order valence-corrected chi connectivity index (χ2v) is 8.71. The molecule has 1 saturated carbocycles. The monoisotopic (exact) mass is 443 g/mol. The zero-order valence-electron chi connectivity index (χ0n) is 16.4. The van der Waals surface area contributed by atoms with Crippen molar-refractivity contribution in [3.8, 4) is 11.3 Å². The van der Waals surface area contributed by atoms with Crippen molar-refractivity contribution in [1.82, 2.24) is 10.3 Å². The lowest BCUT2D eigenvalue weighted by Crippen LogP contribution is -2.39. The van der Waals surface area contributed by atoms with Gasteiger partial charge in [0.25, 0.3) is 0 Å². The third kappa shape index (κ3) is 6.45. The highest BCUT2D eigenvalue weighted by atomic mass is 35.5. The lowest BCUT2D eigenvalue weighted by molar-refractivity contribution is -0.123. The van der Waals surface area contributed by atoms with E-state index >= 15 is 0 Å². The Bertz CT molecular complexity index is 731. The van der Waals surface area contributed by atoms with Gasteiger partial charge in [0.15, 0.2) is 0 Å². The smallest absolute Gasteiger partial charge is 0.220 e. The summed E-state index contributed by atoms with van der Waals surface area (Å²) in [6, 6.07) is 10.3.